The van der Waals surface area contributed by atoms with Crippen molar-refractivity contribution in [2.75, 3.05) is 38.2 Å². The smallest absolute Gasteiger partial charge is 0.244 e. The zero-order valence-corrected chi connectivity index (χ0v) is 13.3. The summed E-state index contributed by atoms with van der Waals surface area (Å²) in [6.07, 6.45) is 3.97. The van der Waals surface area contributed by atoms with Crippen molar-refractivity contribution >= 4 is 11.6 Å². The molecule has 0 radical (unpaired) electrons. The Morgan fingerprint density at radius 1 is 1.17 bits per heavy atom. The average molecular weight is 315 g/mol. The van der Waals surface area contributed by atoms with E-state index < -0.39 is 0 Å². The number of nitrogens with zero attached hydrogens (tertiary/aromatic N) is 5. The molecule has 2 aromatic rings. The summed E-state index contributed by atoms with van der Waals surface area (Å²) in [5.41, 5.74) is 1.16. The van der Waals surface area contributed by atoms with Crippen molar-refractivity contribution in [1.29, 1.82) is 0 Å². The number of hydrogen-bond acceptors (Lipinski definition) is 5. The van der Waals surface area contributed by atoms with Crippen molar-refractivity contribution in [3.63, 3.8) is 0 Å². The minimum absolute atomic E-state index is 0.0899. The van der Waals surface area contributed by atoms with Crippen LogP contribution in [-0.2, 0) is 11.3 Å². The van der Waals surface area contributed by atoms with Crippen molar-refractivity contribution in [2.45, 2.75) is 13.0 Å². The van der Waals surface area contributed by atoms with Crippen molar-refractivity contribution in [2.24, 2.45) is 0 Å². The zero-order valence-electron chi connectivity index (χ0n) is 13.3. The molecule has 7 heteroatoms. The van der Waals surface area contributed by atoms with Gasteiger partial charge in [0.25, 0.3) is 0 Å². The van der Waals surface area contributed by atoms with Gasteiger partial charge < -0.3 is 14.5 Å². The number of ether oxygens (including phenoxy) is 1. The summed E-state index contributed by atoms with van der Waals surface area (Å²) >= 11 is 0. The highest BCUT2D eigenvalue weighted by atomic mass is 16.5. The van der Waals surface area contributed by atoms with Crippen molar-refractivity contribution < 1.29 is 9.53 Å². The third-order valence-electron chi connectivity index (χ3n) is 4.05. The molecule has 0 spiro atoms. The molecule has 1 aromatic heterocycles. The Kier molecular flexibility index (Phi) is 4.75. The fourth-order valence-electron chi connectivity index (χ4n) is 2.77. The topological polar surface area (TPSA) is 63.5 Å². The molecule has 1 saturated heterocycles. The first-order valence-corrected chi connectivity index (χ1v) is 7.75. The lowest BCUT2D eigenvalue weighted by molar-refractivity contribution is -0.131. The second-order valence-corrected chi connectivity index (χ2v) is 5.51. The summed E-state index contributed by atoms with van der Waals surface area (Å²) in [6.45, 7) is 3.52. The molecule has 23 heavy (non-hydrogen) atoms. The molecule has 0 saturated carbocycles. The molecule has 0 atom stereocenters. The van der Waals surface area contributed by atoms with Gasteiger partial charge in [-0.2, -0.15) is 5.10 Å². The number of aromatic nitrogens is 3. The standard InChI is InChI=1S/C16H21N5O2/c1-23-15-5-3-14(4-6-15)19-7-2-8-20(10-9-19)16(22)11-21-13-17-12-18-21/h3-6,12-13H,2,7-11H2,1H3. The lowest BCUT2D eigenvalue weighted by atomic mass is 10.2. The fraction of sp³-hybridized carbons (Fsp3) is 0.438. The number of methoxy groups -OCH3 is 1. The molecule has 2 heterocycles. The van der Waals surface area contributed by atoms with Crippen LogP contribution in [0.25, 0.3) is 0 Å². The lowest BCUT2D eigenvalue weighted by Gasteiger charge is -2.24. The molecule has 0 bridgehead atoms. The van der Waals surface area contributed by atoms with Gasteiger partial charge in [0.2, 0.25) is 5.91 Å². The predicted octanol–water partition coefficient (Wildman–Crippen LogP) is 1.03. The van der Waals surface area contributed by atoms with E-state index in [1.54, 1.807) is 18.1 Å². The van der Waals surface area contributed by atoms with Gasteiger partial charge in [-0.1, -0.05) is 0 Å². The summed E-state index contributed by atoms with van der Waals surface area (Å²) < 4.78 is 6.76. The molecule has 7 nitrogen and oxygen atoms in total. The van der Waals surface area contributed by atoms with E-state index in [1.807, 2.05) is 17.0 Å². The van der Waals surface area contributed by atoms with Crippen LogP contribution in [0.5, 0.6) is 5.75 Å². The van der Waals surface area contributed by atoms with E-state index >= 15 is 0 Å². The van der Waals surface area contributed by atoms with Gasteiger partial charge in [0.05, 0.1) is 7.11 Å². The molecule has 0 unspecified atom stereocenters. The van der Waals surface area contributed by atoms with Crippen molar-refractivity contribution in [1.82, 2.24) is 19.7 Å². The average Bonchev–Trinajstić information content (AvgIpc) is 2.96. The van der Waals surface area contributed by atoms with Gasteiger partial charge in [0.1, 0.15) is 24.9 Å². The highest BCUT2D eigenvalue weighted by molar-refractivity contribution is 5.76. The van der Waals surface area contributed by atoms with Gasteiger partial charge in [-0.3, -0.25) is 4.79 Å². The van der Waals surface area contributed by atoms with E-state index in [9.17, 15) is 4.79 Å². The fourth-order valence-corrected chi connectivity index (χ4v) is 2.77. The lowest BCUT2D eigenvalue weighted by Crippen LogP contribution is -2.37. The van der Waals surface area contributed by atoms with Gasteiger partial charge in [-0.15, -0.1) is 0 Å². The molecule has 1 aromatic carbocycles. The first kappa shape index (κ1) is 15.3. The van der Waals surface area contributed by atoms with Gasteiger partial charge in [-0.25, -0.2) is 9.67 Å². The maximum absolute atomic E-state index is 12.3. The van der Waals surface area contributed by atoms with Crippen molar-refractivity contribution in [3.05, 3.63) is 36.9 Å². The van der Waals surface area contributed by atoms with Crippen LogP contribution >= 0.6 is 0 Å². The van der Waals surface area contributed by atoms with Gasteiger partial charge in [0, 0.05) is 31.9 Å². The SMILES string of the molecule is COc1ccc(N2CCCN(C(=O)Cn3cncn3)CC2)cc1. The first-order chi connectivity index (χ1) is 11.3. The normalized spacial score (nSPS) is 15.3. The number of hydrogen-bond donors (Lipinski definition) is 0. The van der Waals surface area contributed by atoms with Crippen LogP contribution in [0.3, 0.4) is 0 Å². The summed E-state index contributed by atoms with van der Waals surface area (Å²) in [7, 11) is 1.67. The van der Waals surface area contributed by atoms with E-state index in [0.717, 1.165) is 44.0 Å². The van der Waals surface area contributed by atoms with Crippen LogP contribution in [0.15, 0.2) is 36.9 Å². The Bertz CT molecular complexity index is 626. The number of rotatable bonds is 4. The Hall–Kier alpha value is -2.57. The summed E-state index contributed by atoms with van der Waals surface area (Å²) in [6, 6.07) is 8.05. The minimum atomic E-state index is 0.0899. The maximum atomic E-state index is 12.3. The predicted molar refractivity (Wildman–Crippen MR) is 86.4 cm³/mol. The van der Waals surface area contributed by atoms with Crippen LogP contribution in [0.4, 0.5) is 5.69 Å². The van der Waals surface area contributed by atoms with E-state index in [2.05, 4.69) is 27.1 Å². The Labute approximate surface area is 135 Å². The zero-order chi connectivity index (χ0) is 16.1. The highest BCUT2D eigenvalue weighted by Crippen LogP contribution is 2.20. The van der Waals surface area contributed by atoms with Gasteiger partial charge in [0.15, 0.2) is 0 Å². The maximum Gasteiger partial charge on any atom is 0.244 e. The van der Waals surface area contributed by atoms with Crippen LogP contribution < -0.4 is 9.64 Å². The second-order valence-electron chi connectivity index (χ2n) is 5.51. The number of carbonyl (C=O) groups is 1. The van der Waals surface area contributed by atoms with E-state index in [1.165, 1.54) is 6.33 Å². The first-order valence-electron chi connectivity index (χ1n) is 7.75. The van der Waals surface area contributed by atoms with Gasteiger partial charge >= 0.3 is 0 Å². The molecule has 1 aliphatic heterocycles. The van der Waals surface area contributed by atoms with E-state index in [0.29, 0.717) is 0 Å². The second kappa shape index (κ2) is 7.13. The molecular weight excluding hydrogens is 294 g/mol. The number of benzene rings is 1. The minimum Gasteiger partial charge on any atom is -0.497 e. The quantitative estimate of drug-likeness (QED) is 0.843. The third-order valence-corrected chi connectivity index (χ3v) is 4.05. The van der Waals surface area contributed by atoms with Crippen LogP contribution in [0, 0.1) is 0 Å². The highest BCUT2D eigenvalue weighted by Gasteiger charge is 2.19. The number of carbonyl (C=O) groups excluding carboxylic acids is 1. The molecular formula is C16H21N5O2. The van der Waals surface area contributed by atoms with Crippen molar-refractivity contribution in [3.8, 4) is 5.75 Å². The molecule has 0 N–H and O–H groups in total. The Morgan fingerprint density at radius 2 is 2.00 bits per heavy atom. The van der Waals surface area contributed by atoms with E-state index in [-0.39, 0.29) is 12.5 Å². The molecule has 1 amide bonds. The molecule has 3 rings (SSSR count). The largest absolute Gasteiger partial charge is 0.497 e. The van der Waals surface area contributed by atoms with Gasteiger partial charge in [-0.05, 0) is 30.7 Å². The molecule has 1 fully saturated rings. The molecule has 0 aliphatic carbocycles. The summed E-state index contributed by atoms with van der Waals surface area (Å²) in [4.78, 5) is 20.4. The number of amides is 1. The van der Waals surface area contributed by atoms with Crippen LogP contribution in [0.1, 0.15) is 6.42 Å². The molecule has 122 valence electrons. The Balaban J connectivity index is 1.59. The molecule has 1 aliphatic rings. The monoisotopic (exact) mass is 315 g/mol. The Morgan fingerprint density at radius 3 is 2.70 bits per heavy atom. The number of anilines is 1. The summed E-state index contributed by atoms with van der Waals surface area (Å²) in [5.74, 6) is 0.945. The summed E-state index contributed by atoms with van der Waals surface area (Å²) in [5, 5.41) is 3.99. The van der Waals surface area contributed by atoms with E-state index in [4.69, 9.17) is 4.74 Å². The third kappa shape index (κ3) is 3.80. The van der Waals surface area contributed by atoms with Crippen LogP contribution in [0.2, 0.25) is 0 Å². The van der Waals surface area contributed by atoms with Crippen LogP contribution in [-0.4, -0.2) is 58.9 Å².